The Kier molecular flexibility index (Phi) is 6.82. The Labute approximate surface area is 143 Å². The highest BCUT2D eigenvalue weighted by Gasteiger charge is 2.20. The fourth-order valence-corrected chi connectivity index (χ4v) is 2.75. The number of anilines is 2. The van der Waals surface area contributed by atoms with Crippen LogP contribution in [0.25, 0.3) is 0 Å². The van der Waals surface area contributed by atoms with E-state index in [2.05, 4.69) is 35.8 Å². The van der Waals surface area contributed by atoms with Crippen molar-refractivity contribution in [1.82, 2.24) is 9.97 Å². The molecule has 0 radical (unpaired) electrons. The van der Waals surface area contributed by atoms with Crippen LogP contribution < -0.4 is 22.1 Å². The minimum absolute atomic E-state index is 0. The summed E-state index contributed by atoms with van der Waals surface area (Å²) in [5.41, 5.74) is 16.1. The molecule has 0 aromatic carbocycles. The minimum Gasteiger partial charge on any atom is -0.382 e. The van der Waals surface area contributed by atoms with E-state index in [1.54, 1.807) is 0 Å². The Hall–Kier alpha value is -1.61. The van der Waals surface area contributed by atoms with Crippen molar-refractivity contribution in [2.75, 3.05) is 23.7 Å². The predicted octanol–water partition coefficient (Wildman–Crippen LogP) is 1.04. The van der Waals surface area contributed by atoms with Crippen molar-refractivity contribution in [3.63, 3.8) is 0 Å². The van der Waals surface area contributed by atoms with Crippen LogP contribution in [0.4, 0.5) is 11.6 Å². The minimum atomic E-state index is -0.705. The third-order valence-corrected chi connectivity index (χ3v) is 3.73. The molecule has 0 unspecified atom stereocenters. The van der Waals surface area contributed by atoms with Gasteiger partial charge in [0.1, 0.15) is 4.60 Å². The SMILES string of the molecule is Cl.NC(N)=NC(=O)c1nc(Br)c(N2CCCCCC2)nc1N. The van der Waals surface area contributed by atoms with Crippen LogP contribution in [0.15, 0.2) is 9.60 Å². The van der Waals surface area contributed by atoms with Crippen LogP contribution in [0.2, 0.25) is 0 Å². The van der Waals surface area contributed by atoms with Crippen LogP contribution in [-0.4, -0.2) is 34.9 Å². The van der Waals surface area contributed by atoms with E-state index in [1.807, 2.05) is 0 Å². The van der Waals surface area contributed by atoms with Crippen molar-refractivity contribution in [1.29, 1.82) is 0 Å². The summed E-state index contributed by atoms with van der Waals surface area (Å²) in [4.78, 5) is 25.8. The number of amides is 1. The molecule has 2 rings (SSSR count). The number of carbonyl (C=O) groups is 1. The van der Waals surface area contributed by atoms with Crippen molar-refractivity contribution in [2.24, 2.45) is 16.5 Å². The molecule has 0 spiro atoms. The standard InChI is InChI=1S/C12H18BrN7O.ClH/c13-8-10(20-5-3-1-2-4-6-20)18-9(14)7(17-8)11(21)19-12(15)16;/h1-6H2,(H2,14,18)(H4,15,16,19,21);1H. The number of rotatable bonds is 2. The van der Waals surface area contributed by atoms with Gasteiger partial charge in [0.25, 0.3) is 0 Å². The van der Waals surface area contributed by atoms with E-state index in [-0.39, 0.29) is 29.9 Å². The van der Waals surface area contributed by atoms with E-state index in [0.29, 0.717) is 10.4 Å². The first-order valence-corrected chi connectivity index (χ1v) is 7.50. The smallest absolute Gasteiger partial charge is 0.302 e. The molecule has 1 aromatic rings. The lowest BCUT2D eigenvalue weighted by molar-refractivity contribution is 0.0998. The van der Waals surface area contributed by atoms with Crippen LogP contribution in [-0.2, 0) is 0 Å². The number of carbonyl (C=O) groups excluding carboxylic acids is 1. The lowest BCUT2D eigenvalue weighted by Crippen LogP contribution is -2.27. The molecule has 10 heteroatoms. The summed E-state index contributed by atoms with van der Waals surface area (Å²) in [5.74, 6) is -0.375. The van der Waals surface area contributed by atoms with Gasteiger partial charge in [0, 0.05) is 13.1 Å². The maximum Gasteiger partial charge on any atom is 0.302 e. The Balaban J connectivity index is 0.00000242. The molecule has 1 aliphatic rings. The lowest BCUT2D eigenvalue weighted by Gasteiger charge is -2.22. The first-order chi connectivity index (χ1) is 9.99. The first-order valence-electron chi connectivity index (χ1n) is 6.71. The number of halogens is 2. The second kappa shape index (κ2) is 8.14. The van der Waals surface area contributed by atoms with Crippen molar-refractivity contribution in [3.8, 4) is 0 Å². The summed E-state index contributed by atoms with van der Waals surface area (Å²) in [6, 6.07) is 0. The van der Waals surface area contributed by atoms with E-state index in [1.165, 1.54) is 12.8 Å². The third-order valence-electron chi connectivity index (χ3n) is 3.20. The Morgan fingerprint density at radius 2 is 1.73 bits per heavy atom. The first kappa shape index (κ1) is 18.4. The fraction of sp³-hybridized carbons (Fsp3) is 0.500. The van der Waals surface area contributed by atoms with Crippen LogP contribution >= 0.6 is 28.3 Å². The zero-order valence-corrected chi connectivity index (χ0v) is 14.4. The zero-order valence-electron chi connectivity index (χ0n) is 12.0. The van der Waals surface area contributed by atoms with Gasteiger partial charge in [0.15, 0.2) is 23.3 Å². The molecule has 22 heavy (non-hydrogen) atoms. The summed E-state index contributed by atoms with van der Waals surface area (Å²) in [5, 5.41) is 0. The summed E-state index contributed by atoms with van der Waals surface area (Å²) < 4.78 is 0.466. The number of aromatic nitrogens is 2. The Morgan fingerprint density at radius 3 is 2.27 bits per heavy atom. The van der Waals surface area contributed by atoms with Crippen molar-refractivity contribution in [2.45, 2.75) is 25.7 Å². The van der Waals surface area contributed by atoms with E-state index in [9.17, 15) is 4.79 Å². The predicted molar refractivity (Wildman–Crippen MR) is 92.2 cm³/mol. The van der Waals surface area contributed by atoms with Gasteiger partial charge in [-0.3, -0.25) is 4.79 Å². The van der Waals surface area contributed by atoms with Crippen LogP contribution in [0, 0.1) is 0 Å². The van der Waals surface area contributed by atoms with E-state index >= 15 is 0 Å². The molecule has 6 N–H and O–H groups in total. The van der Waals surface area contributed by atoms with Crippen molar-refractivity contribution < 1.29 is 4.79 Å². The molecule has 2 heterocycles. The number of nitrogen functional groups attached to an aromatic ring is 1. The number of nitrogens with two attached hydrogens (primary N) is 3. The van der Waals surface area contributed by atoms with Gasteiger partial charge in [0.05, 0.1) is 0 Å². The summed E-state index contributed by atoms with van der Waals surface area (Å²) >= 11 is 3.34. The van der Waals surface area contributed by atoms with Crippen LogP contribution in [0.1, 0.15) is 36.2 Å². The lowest BCUT2D eigenvalue weighted by atomic mass is 10.2. The molecule has 1 amide bonds. The number of nitrogens with zero attached hydrogens (tertiary/aromatic N) is 4. The third kappa shape index (κ3) is 4.44. The Morgan fingerprint density at radius 1 is 1.14 bits per heavy atom. The molecule has 1 aromatic heterocycles. The molecule has 0 aliphatic carbocycles. The van der Waals surface area contributed by atoms with Crippen LogP contribution in [0.5, 0.6) is 0 Å². The van der Waals surface area contributed by atoms with Gasteiger partial charge in [0.2, 0.25) is 0 Å². The zero-order chi connectivity index (χ0) is 15.4. The molecule has 1 fully saturated rings. The molecular formula is C12H19BrClN7O. The maximum absolute atomic E-state index is 11.8. The van der Waals surface area contributed by atoms with Gasteiger partial charge in [-0.25, -0.2) is 9.97 Å². The van der Waals surface area contributed by atoms with Gasteiger partial charge in [-0.1, -0.05) is 12.8 Å². The van der Waals surface area contributed by atoms with E-state index in [0.717, 1.165) is 25.9 Å². The fourth-order valence-electron chi connectivity index (χ4n) is 2.23. The van der Waals surface area contributed by atoms with Gasteiger partial charge in [-0.15, -0.1) is 12.4 Å². The maximum atomic E-state index is 11.8. The molecule has 0 atom stereocenters. The normalized spacial score (nSPS) is 14.7. The highest BCUT2D eigenvalue weighted by atomic mass is 79.9. The number of aliphatic imine (C=N–C) groups is 1. The van der Waals surface area contributed by atoms with Gasteiger partial charge >= 0.3 is 5.91 Å². The molecule has 1 saturated heterocycles. The molecule has 122 valence electrons. The quantitative estimate of drug-likeness (QED) is 0.505. The van der Waals surface area contributed by atoms with Crippen LogP contribution in [0.3, 0.4) is 0 Å². The summed E-state index contributed by atoms with van der Waals surface area (Å²) in [6.45, 7) is 1.79. The molecule has 8 nitrogen and oxygen atoms in total. The Bertz CT molecular complexity index is 569. The largest absolute Gasteiger partial charge is 0.382 e. The average molecular weight is 393 g/mol. The van der Waals surface area contributed by atoms with Gasteiger partial charge < -0.3 is 22.1 Å². The number of hydrogen-bond donors (Lipinski definition) is 3. The van der Waals surface area contributed by atoms with Crippen molar-refractivity contribution >= 4 is 51.8 Å². The number of hydrogen-bond acceptors (Lipinski definition) is 5. The van der Waals surface area contributed by atoms with Gasteiger partial charge in [-0.2, -0.15) is 4.99 Å². The topological polar surface area (TPSA) is 137 Å². The summed E-state index contributed by atoms with van der Waals surface area (Å²) in [6.07, 6.45) is 4.61. The number of guanidine groups is 1. The van der Waals surface area contributed by atoms with Crippen molar-refractivity contribution in [3.05, 3.63) is 10.3 Å². The highest BCUT2D eigenvalue weighted by Crippen LogP contribution is 2.27. The summed E-state index contributed by atoms with van der Waals surface area (Å²) in [7, 11) is 0. The molecule has 0 saturated carbocycles. The van der Waals surface area contributed by atoms with E-state index in [4.69, 9.17) is 17.2 Å². The average Bonchev–Trinajstić information content (AvgIpc) is 2.69. The van der Waals surface area contributed by atoms with E-state index < -0.39 is 5.91 Å². The second-order valence-electron chi connectivity index (χ2n) is 4.81. The second-order valence-corrected chi connectivity index (χ2v) is 5.57. The molecule has 1 aliphatic heterocycles. The molecular weight excluding hydrogens is 374 g/mol. The van der Waals surface area contributed by atoms with Gasteiger partial charge in [-0.05, 0) is 28.8 Å². The highest BCUT2D eigenvalue weighted by molar-refractivity contribution is 9.10. The molecule has 0 bridgehead atoms. The monoisotopic (exact) mass is 391 g/mol.